The van der Waals surface area contributed by atoms with Crippen LogP contribution < -0.4 is 10.1 Å². The molecule has 0 spiro atoms. The van der Waals surface area contributed by atoms with Gasteiger partial charge in [-0.15, -0.1) is 0 Å². The summed E-state index contributed by atoms with van der Waals surface area (Å²) in [5.74, 6) is -0.423. The van der Waals surface area contributed by atoms with Crippen molar-refractivity contribution in [2.24, 2.45) is 0 Å². The molecule has 0 aliphatic carbocycles. The molecule has 0 aliphatic rings. The second-order valence-corrected chi connectivity index (χ2v) is 6.93. The van der Waals surface area contributed by atoms with Gasteiger partial charge in [0.25, 0.3) is 5.91 Å². The van der Waals surface area contributed by atoms with Crippen molar-refractivity contribution in [3.8, 4) is 5.75 Å². The molecule has 0 saturated heterocycles. The van der Waals surface area contributed by atoms with Crippen LogP contribution in [0, 0.1) is 5.82 Å². The summed E-state index contributed by atoms with van der Waals surface area (Å²) in [6.07, 6.45) is 0. The highest BCUT2D eigenvalue weighted by atomic mass is 35.5. The first-order valence-electron chi connectivity index (χ1n) is 9.00. The van der Waals surface area contributed by atoms with E-state index in [0.717, 1.165) is 5.56 Å². The molecule has 1 N–H and O–H groups in total. The maximum atomic E-state index is 13.0. The van der Waals surface area contributed by atoms with Crippen molar-refractivity contribution in [2.75, 3.05) is 6.61 Å². The summed E-state index contributed by atoms with van der Waals surface area (Å²) in [5.41, 5.74) is 1.74. The lowest BCUT2D eigenvalue weighted by Crippen LogP contribution is -2.31. The Hall–Kier alpha value is -3.18. The summed E-state index contributed by atoms with van der Waals surface area (Å²) in [7, 11) is 0. The maximum Gasteiger partial charge on any atom is 0.258 e. The lowest BCUT2D eigenvalue weighted by molar-refractivity contribution is -0.123. The van der Waals surface area contributed by atoms with Crippen molar-refractivity contribution in [1.82, 2.24) is 5.32 Å². The van der Waals surface area contributed by atoms with Crippen LogP contribution in [0.15, 0.2) is 72.8 Å². The van der Waals surface area contributed by atoms with Gasteiger partial charge in [-0.2, -0.15) is 0 Å². The lowest BCUT2D eigenvalue weighted by atomic mass is 10.0. The van der Waals surface area contributed by atoms with Gasteiger partial charge < -0.3 is 10.1 Å². The van der Waals surface area contributed by atoms with E-state index < -0.39 is 5.82 Å². The summed E-state index contributed by atoms with van der Waals surface area (Å²) in [6, 6.07) is 18.9. The molecule has 0 aliphatic heterocycles. The standard InChI is InChI=1S/C23H19ClFNO3/c1-15(18-3-2-4-19(24)13-18)26-22(27)14-29-21-11-7-17(8-12-21)23(28)16-5-9-20(25)10-6-16/h2-13,15H,14H2,1H3,(H,26,27)/t15-/m1/s1. The average molecular weight is 412 g/mol. The van der Waals surface area contributed by atoms with Crippen LogP contribution in [0.4, 0.5) is 4.39 Å². The fraction of sp³-hybridized carbons (Fsp3) is 0.130. The minimum Gasteiger partial charge on any atom is -0.484 e. The molecule has 0 radical (unpaired) electrons. The Morgan fingerprint density at radius 3 is 2.24 bits per heavy atom. The van der Waals surface area contributed by atoms with Crippen LogP contribution in [0.2, 0.25) is 5.02 Å². The zero-order chi connectivity index (χ0) is 20.8. The summed E-state index contributed by atoms with van der Waals surface area (Å²) in [5, 5.41) is 3.45. The van der Waals surface area contributed by atoms with E-state index in [9.17, 15) is 14.0 Å². The molecule has 0 heterocycles. The molecule has 1 amide bonds. The third-order valence-electron chi connectivity index (χ3n) is 4.32. The van der Waals surface area contributed by atoms with E-state index in [4.69, 9.17) is 16.3 Å². The molecular weight excluding hydrogens is 393 g/mol. The number of ether oxygens (including phenoxy) is 1. The number of rotatable bonds is 7. The van der Waals surface area contributed by atoms with Gasteiger partial charge in [-0.1, -0.05) is 23.7 Å². The number of carbonyl (C=O) groups is 2. The van der Waals surface area contributed by atoms with Gasteiger partial charge in [0, 0.05) is 16.1 Å². The number of nitrogens with one attached hydrogen (secondary N) is 1. The Morgan fingerprint density at radius 2 is 1.62 bits per heavy atom. The highest BCUT2D eigenvalue weighted by Gasteiger charge is 2.12. The summed E-state index contributed by atoms with van der Waals surface area (Å²) in [6.45, 7) is 1.70. The van der Waals surface area contributed by atoms with Crippen LogP contribution in [0.25, 0.3) is 0 Å². The fourth-order valence-corrected chi connectivity index (χ4v) is 2.96. The van der Waals surface area contributed by atoms with Gasteiger partial charge in [-0.25, -0.2) is 4.39 Å². The largest absolute Gasteiger partial charge is 0.484 e. The second kappa shape index (κ2) is 9.34. The Morgan fingerprint density at radius 1 is 1.00 bits per heavy atom. The van der Waals surface area contributed by atoms with Gasteiger partial charge in [0.2, 0.25) is 0 Å². The van der Waals surface area contributed by atoms with Gasteiger partial charge in [0.05, 0.1) is 6.04 Å². The second-order valence-electron chi connectivity index (χ2n) is 6.49. The lowest BCUT2D eigenvalue weighted by Gasteiger charge is -2.15. The van der Waals surface area contributed by atoms with E-state index in [0.29, 0.717) is 21.9 Å². The first-order valence-corrected chi connectivity index (χ1v) is 9.38. The van der Waals surface area contributed by atoms with E-state index in [1.54, 1.807) is 36.4 Å². The van der Waals surface area contributed by atoms with E-state index in [1.165, 1.54) is 24.3 Å². The molecule has 0 saturated carbocycles. The number of halogens is 2. The number of carbonyl (C=O) groups excluding carboxylic acids is 2. The molecule has 3 aromatic carbocycles. The molecule has 148 valence electrons. The fourth-order valence-electron chi connectivity index (χ4n) is 2.76. The zero-order valence-corrected chi connectivity index (χ0v) is 16.4. The minimum atomic E-state index is -0.395. The third kappa shape index (κ3) is 5.65. The van der Waals surface area contributed by atoms with Crippen LogP contribution in [0.3, 0.4) is 0 Å². The van der Waals surface area contributed by atoms with Crippen molar-refractivity contribution < 1.29 is 18.7 Å². The van der Waals surface area contributed by atoms with Gasteiger partial charge in [-0.3, -0.25) is 9.59 Å². The molecule has 1 atom stereocenters. The summed E-state index contributed by atoms with van der Waals surface area (Å²) >= 11 is 5.97. The monoisotopic (exact) mass is 411 g/mol. The Labute approximate surface area is 173 Å². The Bertz CT molecular complexity index is 1000. The number of hydrogen-bond donors (Lipinski definition) is 1. The molecule has 0 fully saturated rings. The van der Waals surface area contributed by atoms with E-state index >= 15 is 0 Å². The molecule has 4 nitrogen and oxygen atoms in total. The van der Waals surface area contributed by atoms with Crippen molar-refractivity contribution in [2.45, 2.75) is 13.0 Å². The molecule has 6 heteroatoms. The summed E-state index contributed by atoms with van der Waals surface area (Å²) in [4.78, 5) is 24.5. The number of benzene rings is 3. The summed E-state index contributed by atoms with van der Waals surface area (Å²) < 4.78 is 18.5. The molecule has 0 unspecified atom stereocenters. The van der Waals surface area contributed by atoms with Gasteiger partial charge in [0.1, 0.15) is 11.6 Å². The van der Waals surface area contributed by atoms with E-state index in [1.807, 2.05) is 19.1 Å². The Kier molecular flexibility index (Phi) is 6.62. The van der Waals surface area contributed by atoms with Crippen LogP contribution >= 0.6 is 11.6 Å². The molecule has 3 aromatic rings. The maximum absolute atomic E-state index is 13.0. The minimum absolute atomic E-state index is 0.157. The van der Waals surface area contributed by atoms with Gasteiger partial charge in [-0.05, 0) is 73.2 Å². The van der Waals surface area contributed by atoms with Crippen LogP contribution in [-0.4, -0.2) is 18.3 Å². The quantitative estimate of drug-likeness (QED) is 0.559. The van der Waals surface area contributed by atoms with Gasteiger partial charge in [0.15, 0.2) is 12.4 Å². The number of ketones is 1. The first-order chi connectivity index (χ1) is 13.9. The average Bonchev–Trinajstić information content (AvgIpc) is 2.72. The zero-order valence-electron chi connectivity index (χ0n) is 15.7. The molecule has 0 bridgehead atoms. The number of hydrogen-bond acceptors (Lipinski definition) is 3. The highest BCUT2D eigenvalue weighted by Crippen LogP contribution is 2.18. The third-order valence-corrected chi connectivity index (χ3v) is 4.55. The van der Waals surface area contributed by atoms with Crippen molar-refractivity contribution in [3.05, 3.63) is 100 Å². The highest BCUT2D eigenvalue weighted by molar-refractivity contribution is 6.30. The first kappa shape index (κ1) is 20.6. The van der Waals surface area contributed by atoms with E-state index in [2.05, 4.69) is 5.32 Å². The van der Waals surface area contributed by atoms with Gasteiger partial charge >= 0.3 is 0 Å². The van der Waals surface area contributed by atoms with Crippen LogP contribution in [-0.2, 0) is 4.79 Å². The van der Waals surface area contributed by atoms with E-state index in [-0.39, 0.29) is 24.3 Å². The SMILES string of the molecule is C[C@@H](NC(=O)COc1ccc(C(=O)c2ccc(F)cc2)cc1)c1cccc(Cl)c1. The molecule has 29 heavy (non-hydrogen) atoms. The smallest absolute Gasteiger partial charge is 0.258 e. The molecular formula is C23H19ClFNO3. The Balaban J connectivity index is 1.53. The van der Waals surface area contributed by atoms with Crippen LogP contribution in [0.1, 0.15) is 34.5 Å². The molecule has 3 rings (SSSR count). The topological polar surface area (TPSA) is 55.4 Å². The van der Waals surface area contributed by atoms with Crippen molar-refractivity contribution in [3.63, 3.8) is 0 Å². The van der Waals surface area contributed by atoms with Crippen molar-refractivity contribution >= 4 is 23.3 Å². The van der Waals surface area contributed by atoms with Crippen LogP contribution in [0.5, 0.6) is 5.75 Å². The normalized spacial score (nSPS) is 11.6. The predicted molar refractivity (Wildman–Crippen MR) is 110 cm³/mol. The molecule has 0 aromatic heterocycles. The number of amides is 1. The predicted octanol–water partition coefficient (Wildman–Crippen LogP) is 4.97. The van der Waals surface area contributed by atoms with Crippen molar-refractivity contribution in [1.29, 1.82) is 0 Å².